The highest BCUT2D eigenvalue weighted by molar-refractivity contribution is 7.80. The quantitative estimate of drug-likeness (QED) is 0.248. The molecule has 8 heteroatoms. The molecule has 178 valence electrons. The molecule has 1 atom stereocenters. The minimum absolute atomic E-state index is 0.0198. The van der Waals surface area contributed by atoms with Crippen molar-refractivity contribution in [2.24, 2.45) is 0 Å². The minimum atomic E-state index is -0.406. The third-order valence-corrected chi connectivity index (χ3v) is 5.11. The molecule has 3 N–H and O–H groups in total. The van der Waals surface area contributed by atoms with E-state index in [9.17, 15) is 9.59 Å². The molecule has 7 nitrogen and oxygen atoms in total. The van der Waals surface area contributed by atoms with E-state index in [1.54, 1.807) is 48.5 Å². The first-order valence-electron chi connectivity index (χ1n) is 11.3. The number of unbranched alkanes of at least 4 members (excludes halogenated alkanes) is 3. The summed E-state index contributed by atoms with van der Waals surface area (Å²) < 4.78 is 11.4. The Morgan fingerprint density at radius 2 is 1.67 bits per heavy atom. The molecule has 2 aromatic rings. The number of thiocarbonyl (C=S) groups is 1. The first kappa shape index (κ1) is 26.1. The van der Waals surface area contributed by atoms with Gasteiger partial charge in [-0.1, -0.05) is 39.2 Å². The molecular weight excluding hydrogens is 438 g/mol. The summed E-state index contributed by atoms with van der Waals surface area (Å²) in [5.74, 6) is 0.540. The molecule has 1 unspecified atom stereocenters. The number of ether oxygens (including phenoxy) is 2. The molecule has 0 bridgehead atoms. The summed E-state index contributed by atoms with van der Waals surface area (Å²) in [5, 5.41) is 2.52. The van der Waals surface area contributed by atoms with Gasteiger partial charge in [-0.05, 0) is 74.4 Å². The van der Waals surface area contributed by atoms with E-state index in [4.69, 9.17) is 21.7 Å². The third-order valence-electron chi connectivity index (χ3n) is 4.91. The van der Waals surface area contributed by atoms with Gasteiger partial charge in [-0.15, -0.1) is 0 Å². The molecule has 0 spiro atoms. The average Bonchev–Trinajstić information content (AvgIpc) is 2.82. The molecule has 33 heavy (non-hydrogen) atoms. The molecule has 0 saturated heterocycles. The van der Waals surface area contributed by atoms with Crippen LogP contribution in [0.5, 0.6) is 11.5 Å². The first-order valence-corrected chi connectivity index (χ1v) is 11.7. The Morgan fingerprint density at radius 1 is 0.909 bits per heavy atom. The Kier molecular flexibility index (Phi) is 11.2. The number of hydrogen-bond donors (Lipinski definition) is 3. The van der Waals surface area contributed by atoms with E-state index >= 15 is 0 Å². The van der Waals surface area contributed by atoms with Gasteiger partial charge in [0.2, 0.25) is 0 Å². The normalized spacial score (nSPS) is 11.2. The highest BCUT2D eigenvalue weighted by Gasteiger charge is 2.11. The van der Waals surface area contributed by atoms with Crippen LogP contribution in [0.25, 0.3) is 0 Å². The predicted octanol–water partition coefficient (Wildman–Crippen LogP) is 4.77. The van der Waals surface area contributed by atoms with Crippen molar-refractivity contribution in [2.75, 3.05) is 6.61 Å². The Balaban J connectivity index is 1.78. The van der Waals surface area contributed by atoms with Crippen molar-refractivity contribution in [1.29, 1.82) is 0 Å². The van der Waals surface area contributed by atoms with Gasteiger partial charge in [-0.25, -0.2) is 0 Å². The van der Waals surface area contributed by atoms with E-state index < -0.39 is 5.91 Å². The summed E-state index contributed by atoms with van der Waals surface area (Å²) in [5.41, 5.74) is 5.85. The number of hydrogen-bond acceptors (Lipinski definition) is 5. The number of nitrogens with one attached hydrogen (secondary N) is 3. The fraction of sp³-hybridized carbons (Fsp3) is 0.400. The number of carbonyl (C=O) groups excluding carboxylic acids is 2. The van der Waals surface area contributed by atoms with Gasteiger partial charge in [0.15, 0.2) is 5.11 Å². The summed E-state index contributed by atoms with van der Waals surface area (Å²) >= 11 is 5.11. The van der Waals surface area contributed by atoms with Gasteiger partial charge in [0.1, 0.15) is 11.5 Å². The maximum absolute atomic E-state index is 12.4. The van der Waals surface area contributed by atoms with E-state index in [0.29, 0.717) is 23.5 Å². The highest BCUT2D eigenvalue weighted by Crippen LogP contribution is 2.16. The van der Waals surface area contributed by atoms with E-state index in [0.717, 1.165) is 25.0 Å². The predicted molar refractivity (Wildman–Crippen MR) is 134 cm³/mol. The van der Waals surface area contributed by atoms with Gasteiger partial charge in [0.05, 0.1) is 12.7 Å². The Labute approximate surface area is 201 Å². The zero-order valence-electron chi connectivity index (χ0n) is 19.5. The van der Waals surface area contributed by atoms with Crippen LogP contribution in [0.3, 0.4) is 0 Å². The van der Waals surface area contributed by atoms with Crippen molar-refractivity contribution in [3.8, 4) is 11.5 Å². The topological polar surface area (TPSA) is 88.7 Å². The second-order valence-corrected chi connectivity index (χ2v) is 8.07. The highest BCUT2D eigenvalue weighted by atomic mass is 32.1. The molecule has 0 heterocycles. The largest absolute Gasteiger partial charge is 0.494 e. The van der Waals surface area contributed by atoms with Crippen molar-refractivity contribution in [3.63, 3.8) is 0 Å². The van der Waals surface area contributed by atoms with Crippen LogP contribution in [-0.2, 0) is 0 Å². The fourth-order valence-corrected chi connectivity index (χ4v) is 2.98. The van der Waals surface area contributed by atoms with Crippen LogP contribution in [-0.4, -0.2) is 29.6 Å². The summed E-state index contributed by atoms with van der Waals surface area (Å²) in [6.45, 7) is 6.82. The van der Waals surface area contributed by atoms with Crippen molar-refractivity contribution in [3.05, 3.63) is 59.7 Å². The number of rotatable bonds is 11. The van der Waals surface area contributed by atoms with Gasteiger partial charge < -0.3 is 9.47 Å². The third kappa shape index (κ3) is 9.49. The Hall–Kier alpha value is -3.13. The molecule has 0 fully saturated rings. The fourth-order valence-electron chi connectivity index (χ4n) is 2.84. The van der Waals surface area contributed by atoms with Crippen LogP contribution in [0.4, 0.5) is 0 Å². The lowest BCUT2D eigenvalue weighted by Crippen LogP contribution is -2.48. The Morgan fingerprint density at radius 3 is 2.36 bits per heavy atom. The van der Waals surface area contributed by atoms with Gasteiger partial charge in [-0.2, -0.15) is 0 Å². The van der Waals surface area contributed by atoms with E-state index in [-0.39, 0.29) is 17.1 Å². The van der Waals surface area contributed by atoms with Crippen LogP contribution in [0.1, 0.15) is 73.6 Å². The molecule has 0 aliphatic heterocycles. The number of amides is 2. The van der Waals surface area contributed by atoms with E-state index in [1.165, 1.54) is 12.8 Å². The van der Waals surface area contributed by atoms with Crippen molar-refractivity contribution in [1.82, 2.24) is 16.2 Å². The minimum Gasteiger partial charge on any atom is -0.494 e. The molecule has 0 aliphatic rings. The van der Waals surface area contributed by atoms with Crippen molar-refractivity contribution in [2.45, 2.75) is 59.0 Å². The molecule has 0 aromatic heterocycles. The lowest BCUT2D eigenvalue weighted by Gasteiger charge is -2.14. The van der Waals surface area contributed by atoms with Gasteiger partial charge in [-0.3, -0.25) is 25.8 Å². The summed E-state index contributed by atoms with van der Waals surface area (Å²) in [6, 6.07) is 13.7. The maximum atomic E-state index is 12.4. The van der Waals surface area contributed by atoms with Crippen LogP contribution in [0.15, 0.2) is 48.5 Å². The zero-order chi connectivity index (χ0) is 24.1. The lowest BCUT2D eigenvalue weighted by molar-refractivity contribution is 0.0934. The number of hydrazine groups is 1. The van der Waals surface area contributed by atoms with Crippen LogP contribution in [0, 0.1) is 0 Å². The smallest absolute Gasteiger partial charge is 0.269 e. The number of carbonyl (C=O) groups is 2. The molecule has 0 radical (unpaired) electrons. The SMILES string of the molecule is CCCCCCOc1ccc(C(=O)NNC(=S)NC(=O)c2cccc(OC(C)CC)c2)cc1. The first-order chi connectivity index (χ1) is 15.9. The summed E-state index contributed by atoms with van der Waals surface area (Å²) in [6.07, 6.45) is 5.46. The molecule has 2 aromatic carbocycles. The molecule has 2 amide bonds. The average molecular weight is 472 g/mol. The molecule has 0 saturated carbocycles. The van der Waals surface area contributed by atoms with Gasteiger partial charge in [0.25, 0.3) is 11.8 Å². The van der Waals surface area contributed by atoms with E-state index in [2.05, 4.69) is 23.1 Å². The Bertz CT molecular complexity index is 918. The van der Waals surface area contributed by atoms with Gasteiger partial charge in [0, 0.05) is 11.1 Å². The summed E-state index contributed by atoms with van der Waals surface area (Å²) in [4.78, 5) is 24.8. The van der Waals surface area contributed by atoms with E-state index in [1.807, 2.05) is 13.8 Å². The number of benzene rings is 2. The zero-order valence-corrected chi connectivity index (χ0v) is 20.3. The van der Waals surface area contributed by atoms with Crippen LogP contribution >= 0.6 is 12.2 Å². The molecule has 2 rings (SSSR count). The lowest BCUT2D eigenvalue weighted by atomic mass is 10.2. The van der Waals surface area contributed by atoms with Crippen LogP contribution in [0.2, 0.25) is 0 Å². The van der Waals surface area contributed by atoms with Crippen LogP contribution < -0.4 is 25.6 Å². The second kappa shape index (κ2) is 14.1. The monoisotopic (exact) mass is 471 g/mol. The molecular formula is C25H33N3O4S. The second-order valence-electron chi connectivity index (χ2n) is 7.66. The van der Waals surface area contributed by atoms with Gasteiger partial charge >= 0.3 is 0 Å². The van der Waals surface area contributed by atoms with Crippen molar-refractivity contribution < 1.29 is 19.1 Å². The molecule has 0 aliphatic carbocycles. The standard InChI is InChI=1S/C25H33N3O4S/c1-4-6-7-8-16-31-21-14-12-19(13-15-21)24(30)27-28-25(33)26-23(29)20-10-9-11-22(17-20)32-18(3)5-2/h9-15,17-18H,4-8,16H2,1-3H3,(H,27,30)(H2,26,28,29,33). The maximum Gasteiger partial charge on any atom is 0.269 e. The van der Waals surface area contributed by atoms with Crippen molar-refractivity contribution >= 4 is 29.1 Å². The summed E-state index contributed by atoms with van der Waals surface area (Å²) in [7, 11) is 0.